The zero-order chi connectivity index (χ0) is 18.2. The third-order valence-electron chi connectivity index (χ3n) is 4.19. The van der Waals surface area contributed by atoms with Crippen LogP contribution in [0.15, 0.2) is 54.6 Å². The maximum Gasteiger partial charge on any atom is 0.242 e. The van der Waals surface area contributed by atoms with Crippen molar-refractivity contribution in [3.63, 3.8) is 0 Å². The van der Waals surface area contributed by atoms with Gasteiger partial charge >= 0.3 is 0 Å². The van der Waals surface area contributed by atoms with Gasteiger partial charge in [-0.1, -0.05) is 60.2 Å². The van der Waals surface area contributed by atoms with Gasteiger partial charge in [-0.3, -0.25) is 9.59 Å². The summed E-state index contributed by atoms with van der Waals surface area (Å²) in [7, 11) is 0. The first-order valence-corrected chi connectivity index (χ1v) is 8.68. The third kappa shape index (κ3) is 5.45. The molecule has 2 amide bonds. The van der Waals surface area contributed by atoms with Crippen LogP contribution in [0.4, 0.5) is 0 Å². The zero-order valence-electron chi connectivity index (χ0n) is 15.2. The second kappa shape index (κ2) is 9.02. The number of hydrogen-bond donors (Lipinski definition) is 1. The monoisotopic (exact) mass is 338 g/mol. The van der Waals surface area contributed by atoms with Crippen LogP contribution in [0.5, 0.6) is 0 Å². The Bertz CT molecular complexity index is 696. The molecule has 4 nitrogen and oxygen atoms in total. The Morgan fingerprint density at radius 2 is 1.64 bits per heavy atom. The van der Waals surface area contributed by atoms with Gasteiger partial charge in [-0.2, -0.15) is 0 Å². The molecular formula is C21H26N2O2. The highest BCUT2D eigenvalue weighted by Crippen LogP contribution is 2.13. The van der Waals surface area contributed by atoms with Crippen LogP contribution in [0, 0.1) is 6.92 Å². The van der Waals surface area contributed by atoms with Gasteiger partial charge in [0.25, 0.3) is 0 Å². The van der Waals surface area contributed by atoms with E-state index in [-0.39, 0.29) is 18.2 Å². The molecule has 0 saturated heterocycles. The summed E-state index contributed by atoms with van der Waals surface area (Å²) in [6, 6.07) is 17.1. The molecule has 2 aromatic rings. The van der Waals surface area contributed by atoms with E-state index in [0.29, 0.717) is 13.1 Å². The molecule has 1 atom stereocenters. The van der Waals surface area contributed by atoms with Gasteiger partial charge in [0.15, 0.2) is 0 Å². The molecular weight excluding hydrogens is 312 g/mol. The number of nitrogens with zero attached hydrogens (tertiary/aromatic N) is 1. The Hall–Kier alpha value is -2.62. The standard InChI is InChI=1S/C21H26N2O2/c1-4-22-21(25)17(3)23(15-19-12-10-16(2)11-13-19)20(24)14-18-8-6-5-7-9-18/h5-13,17H,4,14-15H2,1-3H3,(H,22,25)/t17-/m0/s1. The van der Waals surface area contributed by atoms with Crippen molar-refractivity contribution in [1.82, 2.24) is 10.2 Å². The number of nitrogens with one attached hydrogen (secondary N) is 1. The summed E-state index contributed by atoms with van der Waals surface area (Å²) in [6.45, 7) is 6.65. The molecule has 0 aliphatic rings. The predicted molar refractivity (Wildman–Crippen MR) is 100 cm³/mol. The molecule has 0 spiro atoms. The van der Waals surface area contributed by atoms with Crippen LogP contribution >= 0.6 is 0 Å². The van der Waals surface area contributed by atoms with E-state index < -0.39 is 6.04 Å². The average molecular weight is 338 g/mol. The van der Waals surface area contributed by atoms with Crippen molar-refractivity contribution in [3.05, 3.63) is 71.3 Å². The van der Waals surface area contributed by atoms with Crippen molar-refractivity contribution in [2.24, 2.45) is 0 Å². The molecule has 0 heterocycles. The van der Waals surface area contributed by atoms with Crippen molar-refractivity contribution >= 4 is 11.8 Å². The van der Waals surface area contributed by atoms with Crippen LogP contribution in [-0.2, 0) is 22.6 Å². The average Bonchev–Trinajstić information content (AvgIpc) is 2.61. The molecule has 0 fully saturated rings. The lowest BCUT2D eigenvalue weighted by Crippen LogP contribution is -2.48. The molecule has 0 aromatic heterocycles. The molecule has 2 aromatic carbocycles. The molecule has 4 heteroatoms. The fourth-order valence-electron chi connectivity index (χ4n) is 2.67. The van der Waals surface area contributed by atoms with Crippen molar-refractivity contribution in [1.29, 1.82) is 0 Å². The Labute approximate surface area is 149 Å². The molecule has 0 bridgehead atoms. The molecule has 0 radical (unpaired) electrons. The number of aryl methyl sites for hydroxylation is 1. The van der Waals surface area contributed by atoms with Gasteiger partial charge in [0, 0.05) is 13.1 Å². The number of carbonyl (C=O) groups is 2. The van der Waals surface area contributed by atoms with Crippen LogP contribution in [0.3, 0.4) is 0 Å². The molecule has 2 rings (SSSR count). The van der Waals surface area contributed by atoms with Gasteiger partial charge in [-0.05, 0) is 31.9 Å². The van der Waals surface area contributed by atoms with Gasteiger partial charge in [-0.25, -0.2) is 0 Å². The number of benzene rings is 2. The maximum absolute atomic E-state index is 12.9. The Kier molecular flexibility index (Phi) is 6.75. The van der Waals surface area contributed by atoms with Gasteiger partial charge in [0.1, 0.15) is 6.04 Å². The number of hydrogen-bond acceptors (Lipinski definition) is 2. The highest BCUT2D eigenvalue weighted by Gasteiger charge is 2.25. The van der Waals surface area contributed by atoms with Gasteiger partial charge < -0.3 is 10.2 Å². The zero-order valence-corrected chi connectivity index (χ0v) is 15.2. The highest BCUT2D eigenvalue weighted by atomic mass is 16.2. The normalized spacial score (nSPS) is 11.6. The lowest BCUT2D eigenvalue weighted by Gasteiger charge is -2.29. The fraction of sp³-hybridized carbons (Fsp3) is 0.333. The predicted octanol–water partition coefficient (Wildman–Crippen LogP) is 3.09. The van der Waals surface area contributed by atoms with E-state index in [1.807, 2.05) is 68.4 Å². The van der Waals surface area contributed by atoms with Crippen LogP contribution in [0.1, 0.15) is 30.5 Å². The van der Waals surface area contributed by atoms with E-state index in [2.05, 4.69) is 5.32 Å². The second-order valence-corrected chi connectivity index (χ2v) is 6.24. The van der Waals surface area contributed by atoms with Gasteiger partial charge in [0.05, 0.1) is 6.42 Å². The van der Waals surface area contributed by atoms with Crippen LogP contribution < -0.4 is 5.32 Å². The van der Waals surface area contributed by atoms with Crippen molar-refractivity contribution in [2.45, 2.75) is 39.8 Å². The molecule has 0 unspecified atom stereocenters. The summed E-state index contributed by atoms with van der Waals surface area (Å²) in [6.07, 6.45) is 0.288. The molecule has 0 aliphatic heterocycles. The van der Waals surface area contributed by atoms with Crippen molar-refractivity contribution in [3.8, 4) is 0 Å². The van der Waals surface area contributed by atoms with Crippen LogP contribution in [0.25, 0.3) is 0 Å². The molecule has 1 N–H and O–H groups in total. The minimum Gasteiger partial charge on any atom is -0.355 e. The summed E-state index contributed by atoms with van der Waals surface area (Å²) in [5.74, 6) is -0.179. The third-order valence-corrected chi connectivity index (χ3v) is 4.19. The van der Waals surface area contributed by atoms with Gasteiger partial charge in [-0.15, -0.1) is 0 Å². The minimum atomic E-state index is -0.516. The van der Waals surface area contributed by atoms with Crippen molar-refractivity contribution < 1.29 is 9.59 Å². The Balaban J connectivity index is 2.19. The molecule has 0 saturated carbocycles. The smallest absolute Gasteiger partial charge is 0.242 e. The van der Waals surface area contributed by atoms with E-state index in [1.54, 1.807) is 11.8 Å². The number of carbonyl (C=O) groups excluding carboxylic acids is 2. The maximum atomic E-state index is 12.9. The first kappa shape index (κ1) is 18.7. The molecule has 25 heavy (non-hydrogen) atoms. The quantitative estimate of drug-likeness (QED) is 0.843. The second-order valence-electron chi connectivity index (χ2n) is 6.24. The first-order chi connectivity index (χ1) is 12.0. The topological polar surface area (TPSA) is 49.4 Å². The van der Waals surface area contributed by atoms with Crippen LogP contribution in [0.2, 0.25) is 0 Å². The Morgan fingerprint density at radius 3 is 2.24 bits per heavy atom. The number of rotatable bonds is 7. The van der Waals surface area contributed by atoms with Crippen LogP contribution in [-0.4, -0.2) is 29.3 Å². The molecule has 0 aliphatic carbocycles. The fourth-order valence-corrected chi connectivity index (χ4v) is 2.67. The number of likely N-dealkylation sites (N-methyl/N-ethyl adjacent to an activating group) is 1. The van der Waals surface area contributed by atoms with E-state index in [0.717, 1.165) is 11.1 Å². The van der Waals surface area contributed by atoms with E-state index in [1.165, 1.54) is 5.56 Å². The van der Waals surface area contributed by atoms with E-state index >= 15 is 0 Å². The summed E-state index contributed by atoms with van der Waals surface area (Å²) in [4.78, 5) is 26.8. The Morgan fingerprint density at radius 1 is 1.00 bits per heavy atom. The van der Waals surface area contributed by atoms with Gasteiger partial charge in [0.2, 0.25) is 11.8 Å². The number of amides is 2. The first-order valence-electron chi connectivity index (χ1n) is 8.68. The summed E-state index contributed by atoms with van der Waals surface area (Å²) in [5.41, 5.74) is 3.13. The SMILES string of the molecule is CCNC(=O)[C@H](C)N(Cc1ccc(C)cc1)C(=O)Cc1ccccc1. The lowest BCUT2D eigenvalue weighted by molar-refractivity contribution is -0.140. The highest BCUT2D eigenvalue weighted by molar-refractivity contribution is 5.88. The van der Waals surface area contributed by atoms with E-state index in [4.69, 9.17) is 0 Å². The largest absolute Gasteiger partial charge is 0.355 e. The summed E-state index contributed by atoms with van der Waals surface area (Å²) in [5, 5.41) is 2.81. The summed E-state index contributed by atoms with van der Waals surface area (Å²) >= 11 is 0. The minimum absolute atomic E-state index is 0.0504. The van der Waals surface area contributed by atoms with E-state index in [9.17, 15) is 9.59 Å². The summed E-state index contributed by atoms with van der Waals surface area (Å²) < 4.78 is 0. The molecule has 132 valence electrons. The lowest BCUT2D eigenvalue weighted by atomic mass is 10.1. The van der Waals surface area contributed by atoms with Crippen molar-refractivity contribution in [2.75, 3.05) is 6.54 Å².